The van der Waals surface area contributed by atoms with E-state index in [0.29, 0.717) is 16.2 Å². The number of halogens is 1. The molecule has 26 heavy (non-hydrogen) atoms. The van der Waals surface area contributed by atoms with Gasteiger partial charge in [-0.2, -0.15) is 0 Å². The van der Waals surface area contributed by atoms with Crippen molar-refractivity contribution in [2.24, 2.45) is 10.6 Å². The van der Waals surface area contributed by atoms with E-state index >= 15 is 0 Å². The van der Waals surface area contributed by atoms with Crippen LogP contribution < -0.4 is 5.14 Å². The zero-order chi connectivity index (χ0) is 18.9. The van der Waals surface area contributed by atoms with E-state index in [1.807, 2.05) is 31.2 Å². The molecule has 2 aliphatic rings. The minimum Gasteiger partial charge on any atom is -0.496 e. The highest BCUT2D eigenvalue weighted by Gasteiger charge is 2.47. The van der Waals surface area contributed by atoms with Crippen LogP contribution in [0.1, 0.15) is 44.6 Å². The monoisotopic (exact) mass is 393 g/mol. The first kappa shape index (κ1) is 19.2. The van der Waals surface area contributed by atoms with Gasteiger partial charge in [0.2, 0.25) is 10.0 Å². The molecule has 4 nitrogen and oxygen atoms in total. The number of primary sulfonamides is 1. The Labute approximate surface area is 160 Å². The number of methoxy groups -OCH3 is 1. The van der Waals surface area contributed by atoms with Crippen LogP contribution in [0.5, 0.6) is 0 Å². The molecule has 0 bridgehead atoms. The zero-order valence-electron chi connectivity index (χ0n) is 15.1. The number of sulfonamides is 1. The summed E-state index contributed by atoms with van der Waals surface area (Å²) in [4.78, 5) is 0.142. The molecule has 0 aliphatic heterocycles. The van der Waals surface area contributed by atoms with Crippen LogP contribution in [0, 0.1) is 5.41 Å². The fraction of sp³-hybridized carbons (Fsp3) is 0.400. The average Bonchev–Trinajstić information content (AvgIpc) is 3.25. The maximum absolute atomic E-state index is 11.5. The third kappa shape index (κ3) is 4.05. The first-order chi connectivity index (χ1) is 12.3. The molecule has 0 heterocycles. The highest BCUT2D eigenvalue weighted by Crippen LogP contribution is 2.62. The van der Waals surface area contributed by atoms with Crippen LogP contribution in [0.2, 0.25) is 0 Å². The Morgan fingerprint density at radius 2 is 1.92 bits per heavy atom. The van der Waals surface area contributed by atoms with Gasteiger partial charge in [-0.3, -0.25) is 0 Å². The molecule has 2 N–H and O–H groups in total. The van der Waals surface area contributed by atoms with Gasteiger partial charge in [0.25, 0.3) is 0 Å². The van der Waals surface area contributed by atoms with E-state index in [4.69, 9.17) is 21.5 Å². The lowest BCUT2D eigenvalue weighted by Crippen LogP contribution is -2.11. The van der Waals surface area contributed by atoms with Crippen molar-refractivity contribution in [3.8, 4) is 0 Å². The van der Waals surface area contributed by atoms with Gasteiger partial charge in [0.05, 0.1) is 17.0 Å². The van der Waals surface area contributed by atoms with E-state index < -0.39 is 10.0 Å². The lowest BCUT2D eigenvalue weighted by molar-refractivity contribution is 0.304. The summed E-state index contributed by atoms with van der Waals surface area (Å²) in [6.45, 7) is 1.89. The first-order valence-corrected chi connectivity index (χ1v) is 10.6. The smallest absolute Gasteiger partial charge is 0.238 e. The normalized spacial score (nSPS) is 20.0. The van der Waals surface area contributed by atoms with Crippen LogP contribution in [0.4, 0.5) is 0 Å². The van der Waals surface area contributed by atoms with Crippen molar-refractivity contribution in [3.63, 3.8) is 0 Å². The van der Waals surface area contributed by atoms with Gasteiger partial charge in [-0.05, 0) is 73.8 Å². The molecule has 1 fully saturated rings. The van der Waals surface area contributed by atoms with Crippen LogP contribution >= 0.6 is 11.6 Å². The molecule has 1 saturated carbocycles. The molecular formula is C20H24ClNO3S. The van der Waals surface area contributed by atoms with Crippen LogP contribution in [-0.2, 0) is 14.8 Å². The predicted molar refractivity (Wildman–Crippen MR) is 105 cm³/mol. The Balaban J connectivity index is 1.88. The standard InChI is InChI=1S/C20H24ClNO3S/c1-3-19(25-2)18(21)9-6-15-12-20(10-11-20)13-17(15)14-4-7-16(8-5-14)26(22,23)24/h3-5,7-9H,6,10-13H2,1-2H3,(H2,22,23,24)/b18-9+,19-3+. The summed E-state index contributed by atoms with van der Waals surface area (Å²) in [7, 11) is -2.06. The highest BCUT2D eigenvalue weighted by molar-refractivity contribution is 7.89. The Bertz CT molecular complexity index is 891. The van der Waals surface area contributed by atoms with Crippen molar-refractivity contribution in [1.82, 2.24) is 0 Å². The Hall–Kier alpha value is -1.56. The summed E-state index contributed by atoms with van der Waals surface area (Å²) in [6.07, 6.45) is 9.25. The summed E-state index contributed by atoms with van der Waals surface area (Å²) in [5.41, 5.74) is 4.16. The first-order valence-electron chi connectivity index (χ1n) is 8.68. The Morgan fingerprint density at radius 1 is 1.27 bits per heavy atom. The van der Waals surface area contributed by atoms with Crippen LogP contribution in [0.15, 0.2) is 57.7 Å². The van der Waals surface area contributed by atoms with Crippen molar-refractivity contribution in [2.45, 2.75) is 43.9 Å². The minimum atomic E-state index is -3.67. The van der Waals surface area contributed by atoms with Gasteiger partial charge in [-0.15, -0.1) is 0 Å². The average molecular weight is 394 g/mol. The molecule has 1 aromatic rings. The number of allylic oxidation sites excluding steroid dienone is 5. The van der Waals surface area contributed by atoms with E-state index in [0.717, 1.165) is 24.8 Å². The number of nitrogens with two attached hydrogens (primary N) is 1. The molecule has 1 aromatic carbocycles. The molecular weight excluding hydrogens is 370 g/mol. The van der Waals surface area contributed by atoms with Crippen LogP contribution in [-0.4, -0.2) is 15.5 Å². The molecule has 140 valence electrons. The van der Waals surface area contributed by atoms with Crippen molar-refractivity contribution in [3.05, 3.63) is 58.3 Å². The second-order valence-corrected chi connectivity index (χ2v) is 9.09. The maximum Gasteiger partial charge on any atom is 0.238 e. The third-order valence-corrected chi connectivity index (χ3v) is 6.57. The predicted octanol–water partition coefficient (Wildman–Crippen LogP) is 4.72. The quantitative estimate of drug-likeness (QED) is 0.561. The summed E-state index contributed by atoms with van der Waals surface area (Å²) in [5.74, 6) is 0.672. The number of ether oxygens (including phenoxy) is 1. The fourth-order valence-electron chi connectivity index (χ4n) is 3.67. The molecule has 3 rings (SSSR count). The van der Waals surface area contributed by atoms with Gasteiger partial charge in [0.15, 0.2) is 0 Å². The molecule has 0 unspecified atom stereocenters. The lowest BCUT2D eigenvalue weighted by atomic mass is 9.99. The van der Waals surface area contributed by atoms with Gasteiger partial charge in [0, 0.05) is 0 Å². The van der Waals surface area contributed by atoms with Gasteiger partial charge < -0.3 is 4.74 Å². The third-order valence-electron chi connectivity index (χ3n) is 5.30. The SMILES string of the molecule is C/C=C(OC)\C(Cl)=C/CC1=C(c2ccc(S(N)(=O)=O)cc2)CC2(CC2)C1. The number of hydrogen-bond donors (Lipinski definition) is 1. The molecule has 1 spiro atoms. The van der Waals surface area contributed by atoms with Crippen molar-refractivity contribution in [1.29, 1.82) is 0 Å². The minimum absolute atomic E-state index is 0.142. The molecule has 2 aliphatic carbocycles. The van der Waals surface area contributed by atoms with Crippen LogP contribution in [0.25, 0.3) is 5.57 Å². The zero-order valence-corrected chi connectivity index (χ0v) is 16.7. The lowest BCUT2D eigenvalue weighted by Gasteiger charge is -2.08. The van der Waals surface area contributed by atoms with E-state index in [1.54, 1.807) is 19.2 Å². The van der Waals surface area contributed by atoms with Gasteiger partial charge in [-0.1, -0.05) is 35.4 Å². The Morgan fingerprint density at radius 3 is 2.42 bits per heavy atom. The number of rotatable bonds is 6. The van der Waals surface area contributed by atoms with Crippen LogP contribution in [0.3, 0.4) is 0 Å². The molecule has 0 radical (unpaired) electrons. The van der Waals surface area contributed by atoms with Gasteiger partial charge >= 0.3 is 0 Å². The largest absolute Gasteiger partial charge is 0.496 e. The summed E-state index contributed by atoms with van der Waals surface area (Å²) in [5, 5.41) is 5.81. The van der Waals surface area contributed by atoms with E-state index in [1.165, 1.54) is 24.0 Å². The highest BCUT2D eigenvalue weighted by atomic mass is 35.5. The summed E-state index contributed by atoms with van der Waals surface area (Å²) >= 11 is 6.34. The number of benzene rings is 1. The molecule has 0 amide bonds. The van der Waals surface area contributed by atoms with E-state index in [9.17, 15) is 8.42 Å². The van der Waals surface area contributed by atoms with Gasteiger partial charge in [-0.25, -0.2) is 13.6 Å². The van der Waals surface area contributed by atoms with Crippen molar-refractivity contribution in [2.75, 3.05) is 7.11 Å². The molecule has 0 atom stereocenters. The fourth-order valence-corrected chi connectivity index (χ4v) is 4.45. The second kappa shape index (κ2) is 7.22. The molecule has 0 saturated heterocycles. The van der Waals surface area contributed by atoms with E-state index in [-0.39, 0.29) is 4.90 Å². The topological polar surface area (TPSA) is 69.4 Å². The van der Waals surface area contributed by atoms with Gasteiger partial charge in [0.1, 0.15) is 5.76 Å². The summed E-state index contributed by atoms with van der Waals surface area (Å²) in [6, 6.07) is 6.88. The van der Waals surface area contributed by atoms with Crippen molar-refractivity contribution < 1.29 is 13.2 Å². The molecule has 0 aromatic heterocycles. The maximum atomic E-state index is 11.5. The molecule has 6 heteroatoms. The Kier molecular flexibility index (Phi) is 5.33. The van der Waals surface area contributed by atoms with E-state index in [2.05, 4.69) is 0 Å². The van der Waals surface area contributed by atoms with Crippen molar-refractivity contribution >= 4 is 27.2 Å². The summed E-state index contributed by atoms with van der Waals surface area (Å²) < 4.78 is 28.2. The second-order valence-electron chi connectivity index (χ2n) is 7.12. The number of hydrogen-bond acceptors (Lipinski definition) is 3.